The van der Waals surface area contributed by atoms with Crippen molar-refractivity contribution < 1.29 is 19.2 Å². The van der Waals surface area contributed by atoms with Crippen LogP contribution in [0.15, 0.2) is 48.5 Å². The van der Waals surface area contributed by atoms with Crippen LogP contribution >= 0.6 is 0 Å². The highest BCUT2D eigenvalue weighted by atomic mass is 16.6. The SMILES string of the molecule is CCc1ccc(/C=C/C(=O)c2ccc(OCC(=O)N(C)C)cc2)cc1[N+](=O)[O-]. The minimum absolute atomic E-state index is 0.0471. The van der Waals surface area contributed by atoms with Crippen LogP contribution in [0, 0.1) is 10.1 Å². The van der Waals surface area contributed by atoms with E-state index < -0.39 is 4.92 Å². The van der Waals surface area contributed by atoms with Crippen LogP contribution in [0.2, 0.25) is 0 Å². The molecule has 0 bridgehead atoms. The van der Waals surface area contributed by atoms with E-state index in [1.807, 2.05) is 6.92 Å². The van der Waals surface area contributed by atoms with E-state index in [1.54, 1.807) is 56.6 Å². The van der Waals surface area contributed by atoms with E-state index in [4.69, 9.17) is 4.74 Å². The molecule has 0 spiro atoms. The first-order chi connectivity index (χ1) is 13.3. The summed E-state index contributed by atoms with van der Waals surface area (Å²) in [5, 5.41) is 11.1. The van der Waals surface area contributed by atoms with Gasteiger partial charge in [-0.15, -0.1) is 0 Å². The Hall–Kier alpha value is -3.48. The maximum Gasteiger partial charge on any atom is 0.273 e. The molecule has 0 fully saturated rings. The summed E-state index contributed by atoms with van der Waals surface area (Å²) in [6.07, 6.45) is 3.48. The summed E-state index contributed by atoms with van der Waals surface area (Å²) in [6, 6.07) is 11.3. The third-order valence-electron chi connectivity index (χ3n) is 4.11. The van der Waals surface area contributed by atoms with Crippen molar-refractivity contribution in [3.63, 3.8) is 0 Å². The van der Waals surface area contributed by atoms with E-state index in [2.05, 4.69) is 0 Å². The lowest BCUT2D eigenvalue weighted by Crippen LogP contribution is -2.27. The number of carbonyl (C=O) groups is 2. The maximum atomic E-state index is 12.3. The zero-order chi connectivity index (χ0) is 20.7. The van der Waals surface area contributed by atoms with Gasteiger partial charge in [0.1, 0.15) is 5.75 Å². The normalized spacial score (nSPS) is 10.7. The van der Waals surface area contributed by atoms with Crippen molar-refractivity contribution in [1.82, 2.24) is 4.90 Å². The Morgan fingerprint density at radius 1 is 1.14 bits per heavy atom. The maximum absolute atomic E-state index is 12.3. The molecule has 0 radical (unpaired) electrons. The number of allylic oxidation sites excluding steroid dienone is 1. The van der Waals surface area contributed by atoms with E-state index in [0.29, 0.717) is 28.9 Å². The molecule has 0 heterocycles. The Morgan fingerprint density at radius 3 is 2.39 bits per heavy atom. The van der Waals surface area contributed by atoms with Gasteiger partial charge in [0.25, 0.3) is 11.6 Å². The second-order valence-corrected chi connectivity index (χ2v) is 6.30. The molecule has 0 N–H and O–H groups in total. The largest absolute Gasteiger partial charge is 0.484 e. The van der Waals surface area contributed by atoms with Crippen LogP contribution in [-0.2, 0) is 11.2 Å². The highest BCUT2D eigenvalue weighted by molar-refractivity contribution is 6.06. The van der Waals surface area contributed by atoms with Gasteiger partial charge in [-0.25, -0.2) is 0 Å². The number of nitro benzene ring substituents is 1. The monoisotopic (exact) mass is 382 g/mol. The van der Waals surface area contributed by atoms with E-state index in [0.717, 1.165) is 0 Å². The van der Waals surface area contributed by atoms with E-state index in [9.17, 15) is 19.7 Å². The van der Waals surface area contributed by atoms with Gasteiger partial charge < -0.3 is 9.64 Å². The average molecular weight is 382 g/mol. The number of ketones is 1. The molecule has 2 aromatic rings. The summed E-state index contributed by atoms with van der Waals surface area (Å²) in [4.78, 5) is 36.0. The van der Waals surface area contributed by atoms with Gasteiger partial charge in [0.15, 0.2) is 12.4 Å². The first-order valence-electron chi connectivity index (χ1n) is 8.74. The molecule has 0 unspecified atom stereocenters. The lowest BCUT2D eigenvalue weighted by molar-refractivity contribution is -0.385. The molecule has 0 saturated heterocycles. The van der Waals surface area contributed by atoms with Crippen molar-refractivity contribution in [2.24, 2.45) is 0 Å². The van der Waals surface area contributed by atoms with Crippen molar-refractivity contribution in [2.45, 2.75) is 13.3 Å². The first kappa shape index (κ1) is 20.8. The van der Waals surface area contributed by atoms with E-state index >= 15 is 0 Å². The van der Waals surface area contributed by atoms with Gasteiger partial charge >= 0.3 is 0 Å². The van der Waals surface area contributed by atoms with Crippen molar-refractivity contribution in [3.8, 4) is 5.75 Å². The van der Waals surface area contributed by atoms with E-state index in [1.165, 1.54) is 17.0 Å². The lowest BCUT2D eigenvalue weighted by atomic mass is 10.1. The first-order valence-corrected chi connectivity index (χ1v) is 8.74. The molecule has 28 heavy (non-hydrogen) atoms. The molecule has 7 heteroatoms. The summed E-state index contributed by atoms with van der Waals surface area (Å²) in [5.74, 6) is 0.0888. The summed E-state index contributed by atoms with van der Waals surface area (Å²) in [5.41, 5.74) is 1.73. The molecule has 0 saturated carbocycles. The summed E-state index contributed by atoms with van der Waals surface area (Å²) in [6.45, 7) is 1.78. The zero-order valence-electron chi connectivity index (χ0n) is 16.0. The molecule has 0 aromatic heterocycles. The van der Waals surface area contributed by atoms with E-state index in [-0.39, 0.29) is 24.0 Å². The molecular formula is C21H22N2O5. The van der Waals surface area contributed by atoms with Crippen LogP contribution in [0.1, 0.15) is 28.4 Å². The van der Waals surface area contributed by atoms with Gasteiger partial charge in [0.2, 0.25) is 0 Å². The minimum Gasteiger partial charge on any atom is -0.484 e. The number of nitrogens with zero attached hydrogens (tertiary/aromatic N) is 2. The number of ether oxygens (including phenoxy) is 1. The van der Waals surface area contributed by atoms with Crippen LogP contribution in [0.5, 0.6) is 5.75 Å². The standard InChI is InChI=1S/C21H22N2O5/c1-4-16-7-5-15(13-19(16)23(26)27)6-12-20(24)17-8-10-18(11-9-17)28-14-21(25)22(2)3/h5-13H,4,14H2,1-3H3/b12-6+. The van der Waals surface area contributed by atoms with Crippen LogP contribution in [0.25, 0.3) is 6.08 Å². The zero-order valence-corrected chi connectivity index (χ0v) is 16.0. The average Bonchev–Trinajstić information content (AvgIpc) is 2.70. The number of hydrogen-bond acceptors (Lipinski definition) is 5. The van der Waals surface area contributed by atoms with Crippen LogP contribution in [0.3, 0.4) is 0 Å². The second kappa shape index (κ2) is 9.45. The Bertz CT molecular complexity index is 902. The fraction of sp³-hybridized carbons (Fsp3) is 0.238. The summed E-state index contributed by atoms with van der Waals surface area (Å²) >= 11 is 0. The summed E-state index contributed by atoms with van der Waals surface area (Å²) < 4.78 is 5.37. The molecule has 0 aliphatic heterocycles. The number of carbonyl (C=O) groups excluding carboxylic acids is 2. The highest BCUT2D eigenvalue weighted by Crippen LogP contribution is 2.22. The number of hydrogen-bond donors (Lipinski definition) is 0. The molecule has 2 rings (SSSR count). The molecule has 7 nitrogen and oxygen atoms in total. The lowest BCUT2D eigenvalue weighted by Gasteiger charge is -2.11. The Balaban J connectivity index is 2.05. The minimum atomic E-state index is -0.419. The van der Waals surface area contributed by atoms with Crippen LogP contribution in [0.4, 0.5) is 5.69 Å². The Kier molecular flexibility index (Phi) is 7.03. The van der Waals surface area contributed by atoms with Crippen molar-refractivity contribution in [1.29, 1.82) is 0 Å². The molecule has 0 aliphatic carbocycles. The number of aryl methyl sites for hydroxylation is 1. The molecule has 0 aliphatic rings. The number of rotatable bonds is 8. The van der Waals surface area contributed by atoms with Gasteiger partial charge in [0, 0.05) is 31.3 Å². The smallest absolute Gasteiger partial charge is 0.273 e. The Labute approximate surface area is 163 Å². The molecule has 0 atom stereocenters. The molecule has 1 amide bonds. The third kappa shape index (κ3) is 5.51. The van der Waals surface area contributed by atoms with Gasteiger partial charge in [-0.05, 0) is 42.3 Å². The third-order valence-corrected chi connectivity index (χ3v) is 4.11. The predicted octanol–water partition coefficient (Wildman–Crippen LogP) is 3.52. The number of benzene rings is 2. The molecule has 2 aromatic carbocycles. The second-order valence-electron chi connectivity index (χ2n) is 6.30. The number of likely N-dealkylation sites (N-methyl/N-ethyl adjacent to an activating group) is 1. The fourth-order valence-electron chi connectivity index (χ4n) is 2.41. The molecule has 146 valence electrons. The van der Waals surface area contributed by atoms with Gasteiger partial charge in [-0.3, -0.25) is 19.7 Å². The van der Waals surface area contributed by atoms with Gasteiger partial charge in [0.05, 0.1) is 4.92 Å². The Morgan fingerprint density at radius 2 is 1.82 bits per heavy atom. The van der Waals surface area contributed by atoms with Gasteiger partial charge in [-0.2, -0.15) is 0 Å². The van der Waals surface area contributed by atoms with Gasteiger partial charge in [-0.1, -0.05) is 25.1 Å². The van der Waals surface area contributed by atoms with Crippen molar-refractivity contribution in [3.05, 3.63) is 75.3 Å². The van der Waals surface area contributed by atoms with Crippen LogP contribution < -0.4 is 4.74 Å². The fourth-order valence-corrected chi connectivity index (χ4v) is 2.41. The quantitative estimate of drug-likeness (QED) is 0.302. The summed E-state index contributed by atoms with van der Waals surface area (Å²) in [7, 11) is 3.29. The topological polar surface area (TPSA) is 89.8 Å². The van der Waals surface area contributed by atoms with Crippen molar-refractivity contribution >= 4 is 23.5 Å². The number of nitro groups is 1. The van der Waals surface area contributed by atoms with Crippen molar-refractivity contribution in [2.75, 3.05) is 20.7 Å². The molecular weight excluding hydrogens is 360 g/mol. The van der Waals surface area contributed by atoms with Crippen LogP contribution in [-0.4, -0.2) is 42.2 Å². The number of amides is 1. The predicted molar refractivity (Wildman–Crippen MR) is 106 cm³/mol. The highest BCUT2D eigenvalue weighted by Gasteiger charge is 2.12.